The van der Waals surface area contributed by atoms with E-state index in [9.17, 15) is 32.3 Å². The Bertz CT molecular complexity index is 1160. The van der Waals surface area contributed by atoms with Crippen LogP contribution in [0, 0.1) is 0 Å². The average molecular weight is 495 g/mol. The zero-order chi connectivity index (χ0) is 24.6. The Kier molecular flexibility index (Phi) is 6.22. The number of carbonyl (C=O) groups is 4. The molecule has 1 atom stereocenters. The summed E-state index contributed by atoms with van der Waals surface area (Å²) in [5.41, 5.74) is -1.28. The largest absolute Gasteiger partial charge is 0.416 e. The summed E-state index contributed by atoms with van der Waals surface area (Å²) >= 11 is 5.41. The Morgan fingerprint density at radius 2 is 1.76 bits per heavy atom. The normalized spacial score (nSPS) is 18.2. The Balaban J connectivity index is 1.59. The van der Waals surface area contributed by atoms with E-state index < -0.39 is 47.4 Å². The highest BCUT2D eigenvalue weighted by Crippen LogP contribution is 2.33. The molecule has 1 N–H and O–H groups in total. The first-order valence-corrected chi connectivity index (χ1v) is 10.7. The highest BCUT2D eigenvalue weighted by molar-refractivity contribution is 6.29. The Morgan fingerprint density at radius 3 is 2.41 bits per heavy atom. The van der Waals surface area contributed by atoms with E-state index in [4.69, 9.17) is 11.6 Å². The number of nitrogens with zero attached hydrogens (tertiary/aromatic N) is 3. The number of nitrogens with one attached hydrogen (secondary N) is 1. The minimum absolute atomic E-state index is 0.0244. The third-order valence-corrected chi connectivity index (χ3v) is 5.78. The van der Waals surface area contributed by atoms with Gasteiger partial charge in [0.05, 0.1) is 17.8 Å². The van der Waals surface area contributed by atoms with Crippen LogP contribution < -0.4 is 10.2 Å². The molecule has 0 aromatic heterocycles. The molecule has 0 saturated carbocycles. The number of hydrogen-bond acceptors (Lipinski definition) is 4. The van der Waals surface area contributed by atoms with E-state index in [0.717, 1.165) is 11.0 Å². The highest BCUT2D eigenvalue weighted by Gasteiger charge is 2.49. The number of piperazine rings is 1. The van der Waals surface area contributed by atoms with E-state index in [2.05, 4.69) is 5.32 Å². The number of fused-ring (bicyclic) bond motifs is 1. The molecule has 2 saturated heterocycles. The standard InChI is InChI=1S/C22H18ClF3N4O4/c23-11-18(31)27-15-9-13(8-14(10-15)22(24,25)26)19(32)28-6-7-29-17(12-28)20(33)30(21(29)34)16-4-2-1-3-5-16/h1-5,8-10,17H,6-7,11-12H2,(H,27,31). The third-order valence-electron chi connectivity index (χ3n) is 5.54. The fraction of sp³-hybridized carbons (Fsp3) is 0.273. The molecule has 2 aromatic rings. The van der Waals surface area contributed by atoms with Crippen LogP contribution in [0.3, 0.4) is 0 Å². The lowest BCUT2D eigenvalue weighted by Crippen LogP contribution is -2.54. The number of anilines is 2. The fourth-order valence-corrected chi connectivity index (χ4v) is 4.02. The average Bonchev–Trinajstić information content (AvgIpc) is 3.07. The van der Waals surface area contributed by atoms with E-state index in [1.54, 1.807) is 30.3 Å². The summed E-state index contributed by atoms with van der Waals surface area (Å²) in [7, 11) is 0. The molecule has 0 bridgehead atoms. The number of amides is 5. The molecule has 12 heteroatoms. The van der Waals surface area contributed by atoms with Crippen molar-refractivity contribution in [1.82, 2.24) is 9.80 Å². The van der Waals surface area contributed by atoms with Crippen LogP contribution in [0.4, 0.5) is 29.3 Å². The van der Waals surface area contributed by atoms with Crippen LogP contribution in [0.25, 0.3) is 0 Å². The maximum atomic E-state index is 13.4. The van der Waals surface area contributed by atoms with Crippen LogP contribution in [-0.2, 0) is 15.8 Å². The molecule has 34 heavy (non-hydrogen) atoms. The van der Waals surface area contributed by atoms with Crippen molar-refractivity contribution in [3.63, 3.8) is 0 Å². The van der Waals surface area contributed by atoms with Crippen molar-refractivity contribution in [2.45, 2.75) is 12.2 Å². The molecule has 8 nitrogen and oxygen atoms in total. The SMILES string of the molecule is O=C(CCl)Nc1cc(C(=O)N2CCN3C(=O)N(c4ccccc4)C(=O)C3C2)cc(C(F)(F)F)c1. The van der Waals surface area contributed by atoms with Crippen LogP contribution in [0.2, 0.25) is 0 Å². The lowest BCUT2D eigenvalue weighted by Gasteiger charge is -2.35. The van der Waals surface area contributed by atoms with E-state index in [1.807, 2.05) is 0 Å². The monoisotopic (exact) mass is 494 g/mol. The number of alkyl halides is 4. The molecule has 2 aromatic carbocycles. The minimum Gasteiger partial charge on any atom is -0.334 e. The minimum atomic E-state index is -4.76. The number of urea groups is 1. The zero-order valence-corrected chi connectivity index (χ0v) is 18.3. The van der Waals surface area contributed by atoms with Gasteiger partial charge in [0.25, 0.3) is 11.8 Å². The molecule has 2 fully saturated rings. The molecule has 178 valence electrons. The van der Waals surface area contributed by atoms with Gasteiger partial charge >= 0.3 is 12.2 Å². The first-order chi connectivity index (χ1) is 16.1. The van der Waals surface area contributed by atoms with Crippen LogP contribution in [0.15, 0.2) is 48.5 Å². The highest BCUT2D eigenvalue weighted by atomic mass is 35.5. The number of benzene rings is 2. The smallest absolute Gasteiger partial charge is 0.334 e. The fourth-order valence-electron chi connectivity index (χ4n) is 3.96. The summed E-state index contributed by atoms with van der Waals surface area (Å²) < 4.78 is 40.2. The van der Waals surface area contributed by atoms with E-state index in [1.165, 1.54) is 9.80 Å². The second-order valence-corrected chi connectivity index (χ2v) is 8.00. The molecule has 1 unspecified atom stereocenters. The molecule has 4 rings (SSSR count). The zero-order valence-electron chi connectivity index (χ0n) is 17.5. The molecule has 0 spiro atoms. The predicted octanol–water partition coefficient (Wildman–Crippen LogP) is 3.18. The number of halogens is 4. The van der Waals surface area contributed by atoms with Gasteiger partial charge in [-0.1, -0.05) is 18.2 Å². The molecule has 2 heterocycles. The maximum absolute atomic E-state index is 13.4. The van der Waals surface area contributed by atoms with Gasteiger partial charge in [-0.15, -0.1) is 11.6 Å². The first kappa shape index (κ1) is 23.6. The second kappa shape index (κ2) is 8.98. The van der Waals surface area contributed by atoms with E-state index in [0.29, 0.717) is 17.8 Å². The Labute approximate surface area is 196 Å². The summed E-state index contributed by atoms with van der Waals surface area (Å²) in [6, 6.07) is 9.35. The predicted molar refractivity (Wildman–Crippen MR) is 117 cm³/mol. The van der Waals surface area contributed by atoms with Crippen LogP contribution >= 0.6 is 11.6 Å². The molecular formula is C22H18ClF3N4O4. The van der Waals surface area contributed by atoms with Crippen molar-refractivity contribution in [2.24, 2.45) is 0 Å². The lowest BCUT2D eigenvalue weighted by atomic mass is 10.1. The number of hydrogen-bond donors (Lipinski definition) is 1. The second-order valence-electron chi connectivity index (χ2n) is 7.73. The summed E-state index contributed by atoms with van der Waals surface area (Å²) in [6.45, 7) is -0.109. The number of imide groups is 1. The number of carbonyl (C=O) groups excluding carboxylic acids is 4. The maximum Gasteiger partial charge on any atom is 0.416 e. The van der Waals surface area contributed by atoms with E-state index >= 15 is 0 Å². The van der Waals surface area contributed by atoms with Crippen molar-refractivity contribution in [3.8, 4) is 0 Å². The molecular weight excluding hydrogens is 477 g/mol. The van der Waals surface area contributed by atoms with Crippen LogP contribution in [0.1, 0.15) is 15.9 Å². The summed E-state index contributed by atoms with van der Waals surface area (Å²) in [5.74, 6) is -2.49. The van der Waals surface area contributed by atoms with Gasteiger partial charge < -0.3 is 15.1 Å². The first-order valence-electron chi connectivity index (χ1n) is 10.2. The Hall–Kier alpha value is -3.60. The quantitative estimate of drug-likeness (QED) is 0.522. The number of para-hydroxylation sites is 1. The summed E-state index contributed by atoms with van der Waals surface area (Å²) in [6.07, 6.45) is -4.76. The van der Waals surface area contributed by atoms with Crippen molar-refractivity contribution >= 4 is 46.7 Å². The molecule has 0 radical (unpaired) electrons. The van der Waals surface area contributed by atoms with Crippen molar-refractivity contribution < 1.29 is 32.3 Å². The van der Waals surface area contributed by atoms with Crippen LogP contribution in [-0.4, -0.2) is 65.1 Å². The topological polar surface area (TPSA) is 90.0 Å². The van der Waals surface area contributed by atoms with Gasteiger partial charge in [0.15, 0.2) is 0 Å². The molecule has 2 aliphatic rings. The van der Waals surface area contributed by atoms with Crippen molar-refractivity contribution in [3.05, 3.63) is 59.7 Å². The van der Waals surface area contributed by atoms with Gasteiger partial charge in [-0.25, -0.2) is 9.69 Å². The molecule has 0 aliphatic carbocycles. The van der Waals surface area contributed by atoms with Crippen molar-refractivity contribution in [1.29, 1.82) is 0 Å². The van der Waals surface area contributed by atoms with Gasteiger partial charge in [-0.2, -0.15) is 13.2 Å². The van der Waals surface area contributed by atoms with Crippen LogP contribution in [0.5, 0.6) is 0 Å². The molecule has 5 amide bonds. The molecule has 2 aliphatic heterocycles. The lowest BCUT2D eigenvalue weighted by molar-refractivity contribution is -0.137. The van der Waals surface area contributed by atoms with Gasteiger partial charge in [-0.3, -0.25) is 14.4 Å². The van der Waals surface area contributed by atoms with Gasteiger partial charge in [0.1, 0.15) is 11.9 Å². The van der Waals surface area contributed by atoms with Gasteiger partial charge in [-0.05, 0) is 30.3 Å². The summed E-state index contributed by atoms with van der Waals surface area (Å²) in [4.78, 5) is 54.0. The Morgan fingerprint density at radius 1 is 1.06 bits per heavy atom. The summed E-state index contributed by atoms with van der Waals surface area (Å²) in [5, 5.41) is 2.22. The van der Waals surface area contributed by atoms with E-state index in [-0.39, 0.29) is 30.9 Å². The van der Waals surface area contributed by atoms with Gasteiger partial charge in [0, 0.05) is 24.3 Å². The van der Waals surface area contributed by atoms with Crippen molar-refractivity contribution in [2.75, 3.05) is 35.7 Å². The third kappa shape index (κ3) is 4.43. The number of rotatable bonds is 4. The van der Waals surface area contributed by atoms with Gasteiger partial charge in [0.2, 0.25) is 5.91 Å².